The Morgan fingerprint density at radius 2 is 2.21 bits per heavy atom. The number of ether oxygens (including phenoxy) is 1. The molecule has 0 saturated heterocycles. The van der Waals surface area contributed by atoms with Crippen LogP contribution in [0.15, 0.2) is 36.4 Å². The van der Waals surface area contributed by atoms with Gasteiger partial charge in [-0.25, -0.2) is 0 Å². The summed E-state index contributed by atoms with van der Waals surface area (Å²) in [5.74, 6) is 0.0304. The second-order valence-electron chi connectivity index (χ2n) is 4.43. The number of fused-ring (bicyclic) bond motifs is 1. The number of hydrogen-bond donors (Lipinski definition) is 0. The van der Waals surface area contributed by atoms with Gasteiger partial charge in [0.1, 0.15) is 0 Å². The van der Waals surface area contributed by atoms with Gasteiger partial charge in [-0.3, -0.25) is 4.79 Å². The molecule has 1 aromatic carbocycles. The van der Waals surface area contributed by atoms with Crippen molar-refractivity contribution in [2.75, 3.05) is 6.61 Å². The molecule has 0 atom stereocenters. The van der Waals surface area contributed by atoms with Crippen molar-refractivity contribution in [3.8, 4) is 0 Å². The summed E-state index contributed by atoms with van der Waals surface area (Å²) in [5.41, 5.74) is 2.20. The highest BCUT2D eigenvalue weighted by atomic mass is 35.5. The van der Waals surface area contributed by atoms with Crippen LogP contribution < -0.4 is 0 Å². The molecule has 1 aromatic heterocycles. The third kappa shape index (κ3) is 3.46. The minimum absolute atomic E-state index is 0.0304. The highest BCUT2D eigenvalue weighted by Crippen LogP contribution is 2.22. The van der Waals surface area contributed by atoms with E-state index in [1.54, 1.807) is 6.08 Å². The first kappa shape index (κ1) is 13.8. The largest absolute Gasteiger partial charge is 0.371 e. The van der Waals surface area contributed by atoms with Crippen LogP contribution in [0.4, 0.5) is 0 Å². The number of carbonyl (C=O) groups excluding carboxylic acids is 1. The van der Waals surface area contributed by atoms with Gasteiger partial charge in [0.2, 0.25) is 0 Å². The Morgan fingerprint density at radius 1 is 1.42 bits per heavy atom. The zero-order chi connectivity index (χ0) is 13.8. The zero-order valence-corrected chi connectivity index (χ0v) is 11.8. The molecule has 2 rings (SSSR count). The Hall–Kier alpha value is -1.58. The molecule has 4 heteroatoms. The Kier molecular flexibility index (Phi) is 4.40. The van der Waals surface area contributed by atoms with E-state index in [1.807, 2.05) is 25.2 Å². The molecule has 0 aliphatic heterocycles. The second kappa shape index (κ2) is 6.04. The maximum atomic E-state index is 10.7. The van der Waals surface area contributed by atoms with E-state index in [0.717, 1.165) is 21.6 Å². The van der Waals surface area contributed by atoms with Gasteiger partial charge in [-0.05, 0) is 37.3 Å². The fourth-order valence-corrected chi connectivity index (χ4v) is 2.14. The van der Waals surface area contributed by atoms with Crippen molar-refractivity contribution in [2.45, 2.75) is 13.5 Å². The van der Waals surface area contributed by atoms with Gasteiger partial charge in [-0.15, -0.1) is 0 Å². The molecule has 0 unspecified atom stereocenters. The normalized spacial score (nSPS) is 11.5. The van der Waals surface area contributed by atoms with E-state index < -0.39 is 0 Å². The number of hydrogen-bond acceptors (Lipinski definition) is 2. The number of benzene rings is 1. The van der Waals surface area contributed by atoms with Crippen LogP contribution in [0.1, 0.15) is 12.6 Å². The average Bonchev–Trinajstić information content (AvgIpc) is 2.65. The van der Waals surface area contributed by atoms with Gasteiger partial charge < -0.3 is 9.30 Å². The summed E-state index contributed by atoms with van der Waals surface area (Å²) < 4.78 is 7.60. The lowest BCUT2D eigenvalue weighted by atomic mass is 10.2. The molecule has 0 N–H and O–H groups in total. The van der Waals surface area contributed by atoms with Crippen molar-refractivity contribution in [3.05, 3.63) is 47.1 Å². The lowest BCUT2D eigenvalue weighted by Crippen LogP contribution is -1.99. The number of allylic oxidation sites excluding steroid dienone is 1. The van der Waals surface area contributed by atoms with Crippen molar-refractivity contribution >= 4 is 28.3 Å². The maximum Gasteiger partial charge on any atom is 0.152 e. The first-order valence-corrected chi connectivity index (χ1v) is 6.44. The van der Waals surface area contributed by atoms with Crippen molar-refractivity contribution in [2.24, 2.45) is 7.05 Å². The molecule has 0 amide bonds. The zero-order valence-electron chi connectivity index (χ0n) is 11.0. The van der Waals surface area contributed by atoms with Gasteiger partial charge in [0, 0.05) is 28.7 Å². The molecule has 0 spiro atoms. The molecule has 0 saturated carbocycles. The molecule has 1 heterocycles. The molecule has 0 bridgehead atoms. The van der Waals surface area contributed by atoms with Crippen LogP contribution in [0.25, 0.3) is 10.9 Å². The van der Waals surface area contributed by atoms with E-state index in [2.05, 4.69) is 10.6 Å². The van der Waals surface area contributed by atoms with Crippen LogP contribution in [0.3, 0.4) is 0 Å². The highest BCUT2D eigenvalue weighted by Gasteiger charge is 2.05. The Labute approximate surface area is 117 Å². The number of aromatic nitrogens is 1. The SMILES string of the molecule is CC(=O)/C=C/COCc1cc2cc(Cl)ccc2n1C. The molecule has 100 valence electrons. The monoisotopic (exact) mass is 277 g/mol. The van der Waals surface area contributed by atoms with Crippen LogP contribution in [0.5, 0.6) is 0 Å². The molecule has 0 radical (unpaired) electrons. The summed E-state index contributed by atoms with van der Waals surface area (Å²) >= 11 is 5.97. The van der Waals surface area contributed by atoms with Crippen LogP contribution >= 0.6 is 11.6 Å². The molecule has 3 nitrogen and oxygen atoms in total. The fourth-order valence-electron chi connectivity index (χ4n) is 1.96. The Morgan fingerprint density at radius 3 is 2.95 bits per heavy atom. The van der Waals surface area contributed by atoms with Crippen LogP contribution in [0, 0.1) is 0 Å². The predicted octanol–water partition coefficient (Wildman–Crippen LogP) is 3.49. The standard InChI is InChI=1S/C15H16ClNO2/c1-11(18)4-3-7-19-10-14-9-12-8-13(16)5-6-15(12)17(14)2/h3-6,8-9H,7,10H2,1-2H3/b4-3+. The van der Waals surface area contributed by atoms with E-state index in [-0.39, 0.29) is 5.78 Å². The summed E-state index contributed by atoms with van der Waals surface area (Å²) in [6.45, 7) is 2.46. The van der Waals surface area contributed by atoms with E-state index in [9.17, 15) is 4.79 Å². The molecule has 2 aromatic rings. The van der Waals surface area contributed by atoms with E-state index in [4.69, 9.17) is 16.3 Å². The fraction of sp³-hybridized carbons (Fsp3) is 0.267. The minimum Gasteiger partial charge on any atom is -0.371 e. The van der Waals surface area contributed by atoms with Crippen molar-refractivity contribution in [1.29, 1.82) is 0 Å². The molecule has 0 aliphatic rings. The number of aryl methyl sites for hydroxylation is 1. The molecule has 19 heavy (non-hydrogen) atoms. The smallest absolute Gasteiger partial charge is 0.152 e. The van der Waals surface area contributed by atoms with E-state index >= 15 is 0 Å². The van der Waals surface area contributed by atoms with Crippen molar-refractivity contribution in [1.82, 2.24) is 4.57 Å². The van der Waals surface area contributed by atoms with Gasteiger partial charge in [-0.2, -0.15) is 0 Å². The van der Waals surface area contributed by atoms with Crippen LogP contribution in [-0.4, -0.2) is 17.0 Å². The summed E-state index contributed by atoms with van der Waals surface area (Å²) in [4.78, 5) is 10.7. The third-order valence-electron chi connectivity index (χ3n) is 2.92. The summed E-state index contributed by atoms with van der Waals surface area (Å²) in [5, 5.41) is 1.84. The highest BCUT2D eigenvalue weighted by molar-refractivity contribution is 6.31. The Bertz CT molecular complexity index is 628. The Balaban J connectivity index is 2.05. The summed E-state index contributed by atoms with van der Waals surface area (Å²) in [6, 6.07) is 7.88. The van der Waals surface area contributed by atoms with Gasteiger partial charge in [0.25, 0.3) is 0 Å². The third-order valence-corrected chi connectivity index (χ3v) is 3.16. The first-order valence-electron chi connectivity index (χ1n) is 6.06. The van der Waals surface area contributed by atoms with Crippen molar-refractivity contribution < 1.29 is 9.53 Å². The van der Waals surface area contributed by atoms with Gasteiger partial charge in [-0.1, -0.05) is 17.7 Å². The lowest BCUT2D eigenvalue weighted by Gasteiger charge is -2.04. The number of ketones is 1. The van der Waals surface area contributed by atoms with E-state index in [0.29, 0.717) is 13.2 Å². The van der Waals surface area contributed by atoms with Crippen molar-refractivity contribution in [3.63, 3.8) is 0 Å². The van der Waals surface area contributed by atoms with Crippen LogP contribution in [-0.2, 0) is 23.2 Å². The average molecular weight is 278 g/mol. The first-order chi connectivity index (χ1) is 9.08. The number of halogens is 1. The van der Waals surface area contributed by atoms with Gasteiger partial charge in [0.15, 0.2) is 5.78 Å². The summed E-state index contributed by atoms with van der Waals surface area (Å²) in [6.07, 6.45) is 3.24. The lowest BCUT2D eigenvalue weighted by molar-refractivity contribution is -0.112. The molecule has 0 fully saturated rings. The molecular formula is C15H16ClNO2. The van der Waals surface area contributed by atoms with E-state index in [1.165, 1.54) is 13.0 Å². The topological polar surface area (TPSA) is 31.2 Å². The number of rotatable bonds is 5. The molecular weight excluding hydrogens is 262 g/mol. The minimum atomic E-state index is 0.0304. The van der Waals surface area contributed by atoms with Gasteiger partial charge in [0.05, 0.1) is 13.2 Å². The predicted molar refractivity (Wildman–Crippen MR) is 77.4 cm³/mol. The second-order valence-corrected chi connectivity index (χ2v) is 4.86. The maximum absolute atomic E-state index is 10.7. The van der Waals surface area contributed by atoms with Gasteiger partial charge >= 0.3 is 0 Å². The van der Waals surface area contributed by atoms with Crippen LogP contribution in [0.2, 0.25) is 5.02 Å². The molecule has 0 aliphatic carbocycles. The quantitative estimate of drug-likeness (QED) is 0.619. The summed E-state index contributed by atoms with van der Waals surface area (Å²) in [7, 11) is 2.00. The number of nitrogens with zero attached hydrogens (tertiary/aromatic N) is 1. The number of carbonyl (C=O) groups is 1.